The molecule has 0 heterocycles. The molecule has 1 aliphatic carbocycles. The molecular formula is C22H38O4. The topological polar surface area (TPSA) is 74.6 Å². The number of rotatable bonds is 14. The van der Waals surface area contributed by atoms with Crippen LogP contribution in [0.1, 0.15) is 97.3 Å². The monoisotopic (exact) mass is 366 g/mol. The summed E-state index contributed by atoms with van der Waals surface area (Å²) >= 11 is 0. The Bertz CT molecular complexity index is 457. The molecule has 1 saturated carbocycles. The van der Waals surface area contributed by atoms with E-state index in [1.807, 2.05) is 0 Å². The van der Waals surface area contributed by atoms with Crippen LogP contribution in [0.25, 0.3) is 0 Å². The Labute approximate surface area is 159 Å². The van der Waals surface area contributed by atoms with Crippen LogP contribution in [0.2, 0.25) is 0 Å². The van der Waals surface area contributed by atoms with Crippen molar-refractivity contribution >= 4 is 11.8 Å². The lowest BCUT2D eigenvalue weighted by Crippen LogP contribution is -2.37. The van der Waals surface area contributed by atoms with E-state index in [-0.39, 0.29) is 12.3 Å². The lowest BCUT2D eigenvalue weighted by molar-refractivity contribution is -0.159. The number of unbranched alkanes of at least 4 members (excludes halogenated alkanes) is 6. The molecule has 26 heavy (non-hydrogen) atoms. The number of Topliss-reactive ketones (excluding diaryl/α,β-unsaturated/α-hetero) is 1. The zero-order chi connectivity index (χ0) is 19.4. The molecule has 150 valence electrons. The van der Waals surface area contributed by atoms with Crippen LogP contribution in [0.5, 0.6) is 0 Å². The summed E-state index contributed by atoms with van der Waals surface area (Å²) < 4.78 is 0. The van der Waals surface area contributed by atoms with Crippen LogP contribution in [-0.4, -0.2) is 27.6 Å². The number of carbonyl (C=O) groups excluding carboxylic acids is 1. The fraction of sp³-hybridized carbons (Fsp3) is 0.818. The van der Waals surface area contributed by atoms with Crippen molar-refractivity contribution in [2.24, 2.45) is 11.8 Å². The maximum absolute atomic E-state index is 12.2. The number of ketones is 1. The summed E-state index contributed by atoms with van der Waals surface area (Å²) in [7, 11) is 0. The first-order chi connectivity index (χ1) is 12.4. The van der Waals surface area contributed by atoms with Crippen molar-refractivity contribution in [1.29, 1.82) is 0 Å². The van der Waals surface area contributed by atoms with Crippen molar-refractivity contribution in [1.82, 2.24) is 0 Å². The maximum Gasteiger partial charge on any atom is 0.335 e. The van der Waals surface area contributed by atoms with Gasteiger partial charge < -0.3 is 10.2 Å². The Morgan fingerprint density at radius 3 is 2.54 bits per heavy atom. The second-order valence-corrected chi connectivity index (χ2v) is 7.84. The Morgan fingerprint density at radius 2 is 1.88 bits per heavy atom. The molecule has 0 amide bonds. The molecule has 1 unspecified atom stereocenters. The Kier molecular flexibility index (Phi) is 10.8. The number of aliphatic hydroxyl groups is 1. The molecule has 0 spiro atoms. The minimum atomic E-state index is -1.59. The quantitative estimate of drug-likeness (QED) is 0.324. The lowest BCUT2D eigenvalue weighted by atomic mass is 9.88. The summed E-state index contributed by atoms with van der Waals surface area (Å²) in [6, 6.07) is 0. The van der Waals surface area contributed by atoms with Crippen LogP contribution in [0.15, 0.2) is 12.2 Å². The first kappa shape index (κ1) is 22.9. The van der Waals surface area contributed by atoms with E-state index >= 15 is 0 Å². The van der Waals surface area contributed by atoms with Gasteiger partial charge in [0, 0.05) is 12.3 Å². The molecule has 0 aromatic heterocycles. The van der Waals surface area contributed by atoms with Crippen LogP contribution in [-0.2, 0) is 9.59 Å². The van der Waals surface area contributed by atoms with E-state index in [1.165, 1.54) is 25.7 Å². The number of allylic oxidation sites excluding steroid dienone is 2. The highest BCUT2D eigenvalue weighted by atomic mass is 16.4. The highest BCUT2D eigenvalue weighted by molar-refractivity contribution is 5.83. The zero-order valence-electron chi connectivity index (χ0n) is 16.7. The van der Waals surface area contributed by atoms with Crippen molar-refractivity contribution in [2.75, 3.05) is 0 Å². The van der Waals surface area contributed by atoms with Gasteiger partial charge in [-0.15, -0.1) is 0 Å². The summed E-state index contributed by atoms with van der Waals surface area (Å²) in [6.45, 7) is 3.92. The average Bonchev–Trinajstić information content (AvgIpc) is 2.97. The molecule has 0 aromatic carbocycles. The second kappa shape index (κ2) is 12.3. The normalized spacial score (nSPS) is 22.8. The van der Waals surface area contributed by atoms with Gasteiger partial charge in [0.2, 0.25) is 0 Å². The Hall–Kier alpha value is -1.16. The molecule has 1 aliphatic rings. The number of aliphatic carboxylic acids is 1. The largest absolute Gasteiger partial charge is 0.479 e. The molecule has 1 fully saturated rings. The highest BCUT2D eigenvalue weighted by Gasteiger charge is 2.34. The summed E-state index contributed by atoms with van der Waals surface area (Å²) in [5.74, 6) is -0.206. The van der Waals surface area contributed by atoms with E-state index in [0.29, 0.717) is 31.0 Å². The number of hydrogen-bond donors (Lipinski definition) is 2. The van der Waals surface area contributed by atoms with Crippen molar-refractivity contribution in [3.05, 3.63) is 12.2 Å². The Morgan fingerprint density at radius 1 is 1.15 bits per heavy atom. The van der Waals surface area contributed by atoms with Crippen molar-refractivity contribution < 1.29 is 19.8 Å². The van der Waals surface area contributed by atoms with Gasteiger partial charge in [-0.05, 0) is 50.9 Å². The van der Waals surface area contributed by atoms with Gasteiger partial charge in [0.15, 0.2) is 5.60 Å². The van der Waals surface area contributed by atoms with Crippen LogP contribution < -0.4 is 0 Å². The van der Waals surface area contributed by atoms with E-state index in [9.17, 15) is 14.7 Å². The predicted octanol–water partition coefficient (Wildman–Crippen LogP) is 5.28. The standard InChI is InChI=1S/C22H38O4/c1-3-5-6-7-8-10-13-18-15-16-20(23)19(18)14-11-9-12-17-22(26,4-2)21(24)25/h10,13,18-19,26H,3-9,11-12,14-17H2,1-2H3,(H,24,25)/t18-,19+,22?/m0/s1. The van der Waals surface area contributed by atoms with Gasteiger partial charge in [-0.25, -0.2) is 4.79 Å². The van der Waals surface area contributed by atoms with Gasteiger partial charge in [-0.2, -0.15) is 0 Å². The fourth-order valence-electron chi connectivity index (χ4n) is 3.89. The summed E-state index contributed by atoms with van der Waals surface area (Å²) in [6.07, 6.45) is 16.3. The SMILES string of the molecule is CCCCCCC=C[C@H]1CCC(=O)[C@@H]1CCCCCC(O)(CC)C(=O)O. The molecule has 4 heteroatoms. The Balaban J connectivity index is 2.29. The zero-order valence-corrected chi connectivity index (χ0v) is 16.7. The smallest absolute Gasteiger partial charge is 0.335 e. The summed E-state index contributed by atoms with van der Waals surface area (Å²) in [5.41, 5.74) is -1.59. The molecule has 0 bridgehead atoms. The van der Waals surface area contributed by atoms with E-state index in [2.05, 4.69) is 19.1 Å². The van der Waals surface area contributed by atoms with Crippen molar-refractivity contribution in [2.45, 2.75) is 103 Å². The molecule has 3 atom stereocenters. The molecule has 1 rings (SSSR count). The molecule has 0 radical (unpaired) electrons. The molecule has 0 aliphatic heterocycles. The van der Waals surface area contributed by atoms with E-state index in [4.69, 9.17) is 5.11 Å². The predicted molar refractivity (Wildman–Crippen MR) is 105 cm³/mol. The van der Waals surface area contributed by atoms with Gasteiger partial charge in [0.05, 0.1) is 0 Å². The van der Waals surface area contributed by atoms with Crippen molar-refractivity contribution in [3.63, 3.8) is 0 Å². The number of hydrogen-bond acceptors (Lipinski definition) is 3. The minimum Gasteiger partial charge on any atom is -0.479 e. The minimum absolute atomic E-state index is 0.145. The first-order valence-corrected chi connectivity index (χ1v) is 10.6. The third-order valence-corrected chi connectivity index (χ3v) is 5.85. The number of carboxylic acid groups (broad SMARTS) is 1. The third-order valence-electron chi connectivity index (χ3n) is 5.85. The van der Waals surface area contributed by atoms with E-state index in [1.54, 1.807) is 6.92 Å². The molecule has 2 N–H and O–H groups in total. The number of carboxylic acids is 1. The van der Waals surface area contributed by atoms with Gasteiger partial charge >= 0.3 is 5.97 Å². The first-order valence-electron chi connectivity index (χ1n) is 10.6. The maximum atomic E-state index is 12.2. The number of carbonyl (C=O) groups is 2. The van der Waals surface area contributed by atoms with Crippen LogP contribution >= 0.6 is 0 Å². The van der Waals surface area contributed by atoms with Crippen molar-refractivity contribution in [3.8, 4) is 0 Å². The van der Waals surface area contributed by atoms with Gasteiger partial charge in [-0.1, -0.05) is 58.1 Å². The summed E-state index contributed by atoms with van der Waals surface area (Å²) in [5, 5.41) is 19.1. The van der Waals surface area contributed by atoms with Gasteiger partial charge in [-0.3, -0.25) is 4.79 Å². The van der Waals surface area contributed by atoms with Crippen LogP contribution in [0.4, 0.5) is 0 Å². The molecular weight excluding hydrogens is 328 g/mol. The van der Waals surface area contributed by atoms with E-state index < -0.39 is 11.6 Å². The van der Waals surface area contributed by atoms with E-state index in [0.717, 1.165) is 32.1 Å². The van der Waals surface area contributed by atoms with Crippen LogP contribution in [0, 0.1) is 11.8 Å². The lowest BCUT2D eigenvalue weighted by Gasteiger charge is -2.21. The van der Waals surface area contributed by atoms with Crippen LogP contribution in [0.3, 0.4) is 0 Å². The third kappa shape index (κ3) is 7.61. The molecule has 4 nitrogen and oxygen atoms in total. The average molecular weight is 367 g/mol. The van der Waals surface area contributed by atoms with Gasteiger partial charge in [0.25, 0.3) is 0 Å². The summed E-state index contributed by atoms with van der Waals surface area (Å²) in [4.78, 5) is 23.3. The molecule has 0 saturated heterocycles. The second-order valence-electron chi connectivity index (χ2n) is 7.84. The highest BCUT2D eigenvalue weighted by Crippen LogP contribution is 2.34. The molecule has 0 aromatic rings. The fourth-order valence-corrected chi connectivity index (χ4v) is 3.89. The van der Waals surface area contributed by atoms with Gasteiger partial charge in [0.1, 0.15) is 5.78 Å².